The van der Waals surface area contributed by atoms with Gasteiger partial charge in [-0.25, -0.2) is 0 Å². The lowest BCUT2D eigenvalue weighted by Gasteiger charge is -2.17. The lowest BCUT2D eigenvalue weighted by atomic mass is 9.97. The standard InChI is InChI=1S/C14H24N2O/c17-14-11-13(7-4-9-16-14)15-10-8-12-5-2-1-3-6-12/h5,13,15H,1-4,6-11H2,(H,16,17). The molecular formula is C14H24N2O. The van der Waals surface area contributed by atoms with Gasteiger partial charge >= 0.3 is 0 Å². The molecule has 3 nitrogen and oxygen atoms in total. The molecule has 0 aromatic carbocycles. The fraction of sp³-hybridized carbons (Fsp3) is 0.786. The maximum Gasteiger partial charge on any atom is 0.221 e. The van der Waals surface area contributed by atoms with Gasteiger partial charge in [-0.3, -0.25) is 4.79 Å². The summed E-state index contributed by atoms with van der Waals surface area (Å²) in [5, 5.41) is 6.46. The van der Waals surface area contributed by atoms with Crippen molar-refractivity contribution in [3.05, 3.63) is 11.6 Å². The first-order valence-electron chi connectivity index (χ1n) is 7.02. The second-order valence-electron chi connectivity index (χ2n) is 5.21. The van der Waals surface area contributed by atoms with Crippen LogP contribution >= 0.6 is 0 Å². The van der Waals surface area contributed by atoms with Crippen LogP contribution in [0.1, 0.15) is 51.4 Å². The first-order chi connectivity index (χ1) is 8.34. The molecule has 3 heteroatoms. The van der Waals surface area contributed by atoms with Gasteiger partial charge in [0.25, 0.3) is 0 Å². The van der Waals surface area contributed by atoms with Crippen LogP contribution in [0.4, 0.5) is 0 Å². The number of carbonyl (C=O) groups is 1. The van der Waals surface area contributed by atoms with Gasteiger partial charge < -0.3 is 10.6 Å². The maximum atomic E-state index is 11.4. The van der Waals surface area contributed by atoms with Crippen molar-refractivity contribution in [2.75, 3.05) is 13.1 Å². The summed E-state index contributed by atoms with van der Waals surface area (Å²) in [5.74, 6) is 0.205. The van der Waals surface area contributed by atoms with Crippen LogP contribution in [0.5, 0.6) is 0 Å². The minimum Gasteiger partial charge on any atom is -0.356 e. The number of hydrogen-bond acceptors (Lipinski definition) is 2. The Labute approximate surface area is 104 Å². The topological polar surface area (TPSA) is 41.1 Å². The summed E-state index contributed by atoms with van der Waals surface area (Å²) in [6, 6.07) is 0.390. The zero-order valence-electron chi connectivity index (χ0n) is 10.6. The van der Waals surface area contributed by atoms with Crippen LogP contribution in [0, 0.1) is 0 Å². The summed E-state index contributed by atoms with van der Waals surface area (Å²) in [7, 11) is 0. The molecule has 1 amide bonds. The fourth-order valence-electron chi connectivity index (χ4n) is 2.72. The molecule has 0 bridgehead atoms. The van der Waals surface area contributed by atoms with E-state index in [1.165, 1.54) is 25.7 Å². The Morgan fingerprint density at radius 2 is 2.29 bits per heavy atom. The van der Waals surface area contributed by atoms with E-state index < -0.39 is 0 Å². The normalized spacial score (nSPS) is 26.0. The predicted octanol–water partition coefficient (Wildman–Crippen LogP) is 2.14. The maximum absolute atomic E-state index is 11.4. The summed E-state index contributed by atoms with van der Waals surface area (Å²) in [6.45, 7) is 1.88. The van der Waals surface area contributed by atoms with Crippen LogP contribution in [0.15, 0.2) is 11.6 Å². The van der Waals surface area contributed by atoms with Crippen molar-refractivity contribution in [2.24, 2.45) is 0 Å². The number of hydrogen-bond donors (Lipinski definition) is 2. The average Bonchev–Trinajstić information content (AvgIpc) is 2.55. The Kier molecular flexibility index (Phi) is 5.05. The molecule has 0 radical (unpaired) electrons. The summed E-state index contributed by atoms with van der Waals surface area (Å²) in [4.78, 5) is 11.4. The van der Waals surface area contributed by atoms with Gasteiger partial charge in [0.1, 0.15) is 0 Å². The van der Waals surface area contributed by atoms with Crippen molar-refractivity contribution < 1.29 is 4.79 Å². The quantitative estimate of drug-likeness (QED) is 0.734. The highest BCUT2D eigenvalue weighted by Gasteiger charge is 2.16. The molecule has 1 heterocycles. The molecule has 0 aromatic rings. The molecular weight excluding hydrogens is 212 g/mol. The second kappa shape index (κ2) is 6.80. The predicted molar refractivity (Wildman–Crippen MR) is 69.8 cm³/mol. The van der Waals surface area contributed by atoms with Gasteiger partial charge in [0.15, 0.2) is 0 Å². The van der Waals surface area contributed by atoms with E-state index in [1.807, 2.05) is 0 Å². The molecule has 1 aliphatic heterocycles. The van der Waals surface area contributed by atoms with E-state index in [0.29, 0.717) is 12.5 Å². The van der Waals surface area contributed by atoms with E-state index in [4.69, 9.17) is 0 Å². The van der Waals surface area contributed by atoms with E-state index in [1.54, 1.807) is 5.57 Å². The van der Waals surface area contributed by atoms with Crippen molar-refractivity contribution >= 4 is 5.91 Å². The molecule has 1 aliphatic carbocycles. The van der Waals surface area contributed by atoms with Crippen molar-refractivity contribution in [3.63, 3.8) is 0 Å². The number of allylic oxidation sites excluding steroid dienone is 1. The van der Waals surface area contributed by atoms with E-state index in [0.717, 1.165) is 32.4 Å². The van der Waals surface area contributed by atoms with Crippen LogP contribution in [0.25, 0.3) is 0 Å². The zero-order chi connectivity index (χ0) is 11.9. The Hall–Kier alpha value is -0.830. The lowest BCUT2D eigenvalue weighted by Crippen LogP contribution is -2.33. The minimum atomic E-state index is 0.205. The van der Waals surface area contributed by atoms with Crippen LogP contribution in [0.2, 0.25) is 0 Å². The Bertz CT molecular complexity index is 286. The Morgan fingerprint density at radius 3 is 3.12 bits per heavy atom. The molecule has 17 heavy (non-hydrogen) atoms. The Morgan fingerprint density at radius 1 is 1.35 bits per heavy atom. The molecule has 0 aromatic heterocycles. The first kappa shape index (κ1) is 12.6. The summed E-state index contributed by atoms with van der Waals surface area (Å²) in [5.41, 5.74) is 1.61. The van der Waals surface area contributed by atoms with Crippen molar-refractivity contribution in [1.82, 2.24) is 10.6 Å². The third-order valence-corrected chi connectivity index (χ3v) is 3.75. The molecule has 2 N–H and O–H groups in total. The first-order valence-corrected chi connectivity index (χ1v) is 7.02. The van der Waals surface area contributed by atoms with E-state index in [-0.39, 0.29) is 5.91 Å². The highest BCUT2D eigenvalue weighted by molar-refractivity contribution is 5.76. The minimum absolute atomic E-state index is 0.205. The molecule has 0 saturated carbocycles. The molecule has 2 aliphatic rings. The molecule has 1 fully saturated rings. The van der Waals surface area contributed by atoms with E-state index in [9.17, 15) is 4.79 Å². The number of nitrogens with one attached hydrogen (secondary N) is 2. The smallest absolute Gasteiger partial charge is 0.221 e. The van der Waals surface area contributed by atoms with Gasteiger partial charge in [0.05, 0.1) is 0 Å². The van der Waals surface area contributed by atoms with Crippen molar-refractivity contribution in [1.29, 1.82) is 0 Å². The van der Waals surface area contributed by atoms with Gasteiger partial charge in [-0.1, -0.05) is 11.6 Å². The SMILES string of the molecule is O=C1CC(NCCC2=CCCCC2)CCCN1. The third kappa shape index (κ3) is 4.50. The van der Waals surface area contributed by atoms with Gasteiger partial charge in [-0.2, -0.15) is 0 Å². The second-order valence-corrected chi connectivity index (χ2v) is 5.21. The number of rotatable bonds is 4. The molecule has 2 rings (SSSR count). The van der Waals surface area contributed by atoms with Gasteiger partial charge in [-0.05, 0) is 51.5 Å². The monoisotopic (exact) mass is 236 g/mol. The van der Waals surface area contributed by atoms with Gasteiger partial charge in [0, 0.05) is 19.0 Å². The molecule has 1 saturated heterocycles. The number of carbonyl (C=O) groups excluding carboxylic acids is 1. The highest BCUT2D eigenvalue weighted by Crippen LogP contribution is 2.19. The fourth-order valence-corrected chi connectivity index (χ4v) is 2.72. The van der Waals surface area contributed by atoms with Crippen molar-refractivity contribution in [3.8, 4) is 0 Å². The summed E-state index contributed by atoms with van der Waals surface area (Å²) in [6.07, 6.45) is 11.7. The molecule has 1 atom stereocenters. The summed E-state index contributed by atoms with van der Waals surface area (Å²) < 4.78 is 0. The lowest BCUT2D eigenvalue weighted by molar-refractivity contribution is -0.121. The third-order valence-electron chi connectivity index (χ3n) is 3.75. The van der Waals surface area contributed by atoms with Crippen LogP contribution in [0.3, 0.4) is 0 Å². The highest BCUT2D eigenvalue weighted by atomic mass is 16.1. The average molecular weight is 236 g/mol. The number of amides is 1. The van der Waals surface area contributed by atoms with Gasteiger partial charge in [0.2, 0.25) is 5.91 Å². The zero-order valence-corrected chi connectivity index (χ0v) is 10.6. The molecule has 1 unspecified atom stereocenters. The van der Waals surface area contributed by atoms with Gasteiger partial charge in [-0.15, -0.1) is 0 Å². The largest absolute Gasteiger partial charge is 0.356 e. The van der Waals surface area contributed by atoms with Crippen LogP contribution < -0.4 is 10.6 Å². The summed E-state index contributed by atoms with van der Waals surface area (Å²) >= 11 is 0. The van der Waals surface area contributed by atoms with Crippen LogP contribution in [-0.4, -0.2) is 25.0 Å². The Balaban J connectivity index is 1.66. The van der Waals surface area contributed by atoms with Crippen LogP contribution in [-0.2, 0) is 4.79 Å². The molecule has 96 valence electrons. The molecule has 0 spiro atoms. The van der Waals surface area contributed by atoms with Crippen molar-refractivity contribution in [2.45, 2.75) is 57.4 Å². The van der Waals surface area contributed by atoms with E-state index in [2.05, 4.69) is 16.7 Å². The van der Waals surface area contributed by atoms with E-state index >= 15 is 0 Å².